The third kappa shape index (κ3) is 4.11. The first-order chi connectivity index (χ1) is 13.1. The maximum Gasteiger partial charge on any atom is 0.161 e. The van der Waals surface area contributed by atoms with E-state index in [4.69, 9.17) is 28.2 Å². The Kier molecular flexibility index (Phi) is 5.63. The van der Waals surface area contributed by atoms with Crippen molar-refractivity contribution < 1.29 is 0 Å². The Morgan fingerprint density at radius 3 is 2.33 bits per heavy atom. The number of allylic oxidation sites excluding steroid dienone is 1. The van der Waals surface area contributed by atoms with Crippen LogP contribution < -0.4 is 5.32 Å². The first-order valence-electron chi connectivity index (χ1n) is 8.98. The van der Waals surface area contributed by atoms with E-state index >= 15 is 0 Å². The van der Waals surface area contributed by atoms with Gasteiger partial charge in [0.25, 0.3) is 0 Å². The number of hydrogen-bond donors (Lipinski definition) is 1. The number of hydrogen-bond acceptors (Lipinski definition) is 3. The lowest BCUT2D eigenvalue weighted by molar-refractivity contribution is 0.660. The third-order valence-corrected chi connectivity index (χ3v) is 6.03. The molecule has 1 aliphatic carbocycles. The van der Waals surface area contributed by atoms with Crippen LogP contribution in [0.15, 0.2) is 70.4 Å². The monoisotopic (exact) mass is 414 g/mol. The van der Waals surface area contributed by atoms with Gasteiger partial charge in [0.05, 0.1) is 0 Å². The average molecular weight is 415 g/mol. The molecule has 1 heterocycles. The lowest BCUT2D eigenvalue weighted by Crippen LogP contribution is -2.30. The molecule has 0 radical (unpaired) electrons. The van der Waals surface area contributed by atoms with Gasteiger partial charge in [0.2, 0.25) is 0 Å². The van der Waals surface area contributed by atoms with Crippen LogP contribution in [0, 0.1) is 0 Å². The highest BCUT2D eigenvalue weighted by Crippen LogP contribution is 2.41. The number of halogens is 2. The summed E-state index contributed by atoms with van der Waals surface area (Å²) in [5, 5.41) is 6.04. The van der Waals surface area contributed by atoms with Crippen molar-refractivity contribution in [2.75, 3.05) is 6.26 Å². The van der Waals surface area contributed by atoms with Crippen molar-refractivity contribution in [3.63, 3.8) is 0 Å². The molecule has 0 fully saturated rings. The Balaban J connectivity index is 1.76. The summed E-state index contributed by atoms with van der Waals surface area (Å²) in [4.78, 5) is 4.96. The zero-order valence-electron chi connectivity index (χ0n) is 15.0. The van der Waals surface area contributed by atoms with E-state index in [0.29, 0.717) is 0 Å². The molecule has 0 aromatic heterocycles. The number of nitrogens with zero attached hydrogens (tertiary/aromatic N) is 1. The molecule has 1 N–H and O–H groups in total. The Hall–Kier alpha value is -1.68. The highest BCUT2D eigenvalue weighted by molar-refractivity contribution is 8.13. The smallest absolute Gasteiger partial charge is 0.161 e. The number of amidine groups is 1. The van der Waals surface area contributed by atoms with Gasteiger partial charge < -0.3 is 5.32 Å². The topological polar surface area (TPSA) is 24.4 Å². The molecule has 1 atom stereocenters. The maximum atomic E-state index is 6.09. The Morgan fingerprint density at radius 2 is 1.67 bits per heavy atom. The fourth-order valence-corrected chi connectivity index (χ4v) is 4.29. The van der Waals surface area contributed by atoms with Crippen LogP contribution in [0.4, 0.5) is 0 Å². The average Bonchev–Trinajstić information content (AvgIpc) is 2.70. The summed E-state index contributed by atoms with van der Waals surface area (Å²) in [7, 11) is 0. The molecule has 2 aromatic rings. The van der Waals surface area contributed by atoms with Crippen molar-refractivity contribution in [1.82, 2.24) is 5.32 Å². The second-order valence-corrected chi connectivity index (χ2v) is 8.36. The van der Waals surface area contributed by atoms with Gasteiger partial charge in [0.15, 0.2) is 5.17 Å². The van der Waals surface area contributed by atoms with Crippen LogP contribution in [0.25, 0.3) is 6.08 Å². The molecule has 2 aromatic carbocycles. The molecule has 2 aliphatic rings. The lowest BCUT2D eigenvalue weighted by Gasteiger charge is -2.32. The maximum absolute atomic E-state index is 6.09. The quantitative estimate of drug-likeness (QED) is 0.578. The summed E-state index contributed by atoms with van der Waals surface area (Å²) in [6.07, 6.45) is 7.57. The third-order valence-electron chi connectivity index (χ3n) is 4.93. The van der Waals surface area contributed by atoms with Crippen molar-refractivity contribution in [1.29, 1.82) is 0 Å². The number of benzene rings is 2. The van der Waals surface area contributed by atoms with Crippen LogP contribution in [0.5, 0.6) is 0 Å². The van der Waals surface area contributed by atoms with Crippen molar-refractivity contribution in [2.24, 2.45) is 4.99 Å². The van der Waals surface area contributed by atoms with Gasteiger partial charge in [-0.1, -0.05) is 59.2 Å². The molecule has 0 unspecified atom stereocenters. The molecule has 27 heavy (non-hydrogen) atoms. The Morgan fingerprint density at radius 1 is 1.00 bits per heavy atom. The zero-order chi connectivity index (χ0) is 18.8. The van der Waals surface area contributed by atoms with Crippen molar-refractivity contribution in [3.8, 4) is 0 Å². The van der Waals surface area contributed by atoms with Crippen LogP contribution in [0.3, 0.4) is 0 Å². The standard InChI is InChI=1S/C22H20Cl2N2S/c1-27-22-25-20(15-7-11-18(24)12-8-15)19-4-2-3-16(21(19)26-22)13-14-5-9-17(23)10-6-14/h5-13,20H,2-4H2,1H3,(H,25,26)/t20-/m1/s1. The molecule has 0 saturated carbocycles. The van der Waals surface area contributed by atoms with Gasteiger partial charge in [-0.05, 0) is 78.1 Å². The second kappa shape index (κ2) is 8.14. The Bertz CT molecular complexity index is 928. The molecule has 0 bridgehead atoms. The van der Waals surface area contributed by atoms with Crippen molar-refractivity contribution in [3.05, 3.63) is 86.5 Å². The number of nitrogens with one attached hydrogen (secondary N) is 1. The van der Waals surface area contributed by atoms with Gasteiger partial charge in [-0.2, -0.15) is 0 Å². The minimum atomic E-state index is 0.0508. The second-order valence-electron chi connectivity index (χ2n) is 6.69. The van der Waals surface area contributed by atoms with Crippen LogP contribution in [0.2, 0.25) is 10.0 Å². The highest BCUT2D eigenvalue weighted by atomic mass is 35.5. The van der Waals surface area contributed by atoms with E-state index in [1.807, 2.05) is 24.3 Å². The summed E-state index contributed by atoms with van der Waals surface area (Å²) in [5.41, 5.74) is 6.28. The summed E-state index contributed by atoms with van der Waals surface area (Å²) in [6, 6.07) is 16.1. The van der Waals surface area contributed by atoms with Gasteiger partial charge in [-0.25, -0.2) is 4.99 Å². The minimum absolute atomic E-state index is 0.0508. The summed E-state index contributed by atoms with van der Waals surface area (Å²) in [6.45, 7) is 0. The molecular weight excluding hydrogens is 395 g/mol. The van der Waals surface area contributed by atoms with Crippen molar-refractivity contribution in [2.45, 2.75) is 25.3 Å². The molecule has 1 aliphatic heterocycles. The van der Waals surface area contributed by atoms with Crippen molar-refractivity contribution >= 4 is 46.2 Å². The number of aliphatic imine (C=N–C) groups is 1. The first-order valence-corrected chi connectivity index (χ1v) is 11.0. The van der Waals surface area contributed by atoms with Crippen LogP contribution >= 0.6 is 35.0 Å². The predicted molar refractivity (Wildman–Crippen MR) is 119 cm³/mol. The van der Waals surface area contributed by atoms with Crippen LogP contribution in [-0.4, -0.2) is 11.4 Å². The van der Waals surface area contributed by atoms with Crippen LogP contribution in [0.1, 0.15) is 36.4 Å². The number of thioether (sulfide) groups is 1. The molecule has 138 valence electrons. The van der Waals surface area contributed by atoms with Gasteiger partial charge in [0.1, 0.15) is 6.04 Å². The van der Waals surface area contributed by atoms with E-state index in [9.17, 15) is 0 Å². The van der Waals surface area contributed by atoms with E-state index in [1.165, 1.54) is 28.0 Å². The molecule has 5 heteroatoms. The molecule has 0 saturated heterocycles. The van der Waals surface area contributed by atoms with E-state index in [-0.39, 0.29) is 6.04 Å². The molecular formula is C22H20Cl2N2S. The molecule has 2 nitrogen and oxygen atoms in total. The predicted octanol–water partition coefficient (Wildman–Crippen LogP) is 6.88. The van der Waals surface area contributed by atoms with Gasteiger partial charge in [-0.3, -0.25) is 0 Å². The van der Waals surface area contributed by atoms with E-state index in [1.54, 1.807) is 11.8 Å². The largest absolute Gasteiger partial charge is 0.335 e. The number of rotatable bonds is 2. The highest BCUT2D eigenvalue weighted by Gasteiger charge is 2.29. The lowest BCUT2D eigenvalue weighted by atomic mass is 9.84. The molecule has 4 rings (SSSR count). The van der Waals surface area contributed by atoms with E-state index in [2.05, 4.69) is 41.9 Å². The summed E-state index contributed by atoms with van der Waals surface area (Å²) in [5.74, 6) is 0. The fraction of sp³-hybridized carbons (Fsp3) is 0.227. The van der Waals surface area contributed by atoms with Gasteiger partial charge in [-0.15, -0.1) is 0 Å². The van der Waals surface area contributed by atoms with Gasteiger partial charge >= 0.3 is 0 Å². The summed E-state index contributed by atoms with van der Waals surface area (Å²) >= 11 is 13.8. The SMILES string of the molecule is CSC1=N[C@H](c2ccc(Cl)cc2)C2=C(N1)C(=Cc1ccc(Cl)cc1)CCC2. The molecule has 0 spiro atoms. The van der Waals surface area contributed by atoms with Gasteiger partial charge in [0, 0.05) is 15.7 Å². The normalized spacial score (nSPS) is 20.9. The van der Waals surface area contributed by atoms with E-state index < -0.39 is 0 Å². The minimum Gasteiger partial charge on any atom is -0.335 e. The fourth-order valence-electron chi connectivity index (χ4n) is 3.62. The van der Waals surface area contributed by atoms with Crippen LogP contribution in [-0.2, 0) is 0 Å². The zero-order valence-corrected chi connectivity index (χ0v) is 17.3. The molecule has 0 amide bonds. The van der Waals surface area contributed by atoms with E-state index in [0.717, 1.165) is 34.5 Å². The first kappa shape index (κ1) is 18.7. The summed E-state index contributed by atoms with van der Waals surface area (Å²) < 4.78 is 0. The Labute approximate surface area is 174 Å².